The number of hydrogen-bond donors (Lipinski definition) is 1. The van der Waals surface area contributed by atoms with Crippen molar-refractivity contribution in [2.75, 3.05) is 12.0 Å². The highest BCUT2D eigenvalue weighted by Crippen LogP contribution is 2.34. The molecule has 0 radical (unpaired) electrons. The van der Waals surface area contributed by atoms with E-state index in [1.165, 1.54) is 25.3 Å². The normalized spacial score (nSPS) is 15.7. The lowest BCUT2D eigenvalue weighted by molar-refractivity contribution is -0.121. The van der Waals surface area contributed by atoms with E-state index in [1.807, 2.05) is 32.0 Å². The van der Waals surface area contributed by atoms with Crippen LogP contribution in [0.5, 0.6) is 5.75 Å². The van der Waals surface area contributed by atoms with Crippen molar-refractivity contribution >= 4 is 27.5 Å². The molecule has 1 N–H and O–H groups in total. The van der Waals surface area contributed by atoms with Crippen molar-refractivity contribution in [1.29, 1.82) is 0 Å². The van der Waals surface area contributed by atoms with Gasteiger partial charge in [0.05, 0.1) is 17.7 Å². The second-order valence-electron chi connectivity index (χ2n) is 7.16. The molecular weight excluding hydrogens is 392 g/mol. The van der Waals surface area contributed by atoms with E-state index in [2.05, 4.69) is 4.72 Å². The summed E-state index contributed by atoms with van der Waals surface area (Å²) < 4.78 is 33.9. The summed E-state index contributed by atoms with van der Waals surface area (Å²) in [6, 6.07) is 9.56. The van der Waals surface area contributed by atoms with Crippen LogP contribution in [0.2, 0.25) is 0 Å². The van der Waals surface area contributed by atoms with E-state index in [4.69, 9.17) is 4.74 Å². The maximum atomic E-state index is 13.0. The van der Waals surface area contributed by atoms with Crippen molar-refractivity contribution in [3.63, 3.8) is 0 Å². The van der Waals surface area contributed by atoms with Gasteiger partial charge < -0.3 is 4.74 Å². The second kappa shape index (κ2) is 7.96. The average molecular weight is 416 g/mol. The molecule has 0 spiro atoms. The Morgan fingerprint density at radius 2 is 1.69 bits per heavy atom. The minimum atomic E-state index is -3.90. The largest absolute Gasteiger partial charge is 0.495 e. The Morgan fingerprint density at radius 1 is 1.03 bits per heavy atom. The van der Waals surface area contributed by atoms with Crippen LogP contribution in [0.25, 0.3) is 0 Å². The fourth-order valence-electron chi connectivity index (χ4n) is 3.45. The zero-order valence-corrected chi connectivity index (χ0v) is 17.7. The van der Waals surface area contributed by atoms with Crippen LogP contribution in [-0.2, 0) is 19.6 Å². The molecule has 3 rings (SSSR count). The molecule has 2 amide bonds. The SMILES string of the molecule is COc1ccc(S(=O)(=O)NC(C)c2cc(C)ccc2C)cc1N1C(=O)CCC1=O. The zero-order valence-electron chi connectivity index (χ0n) is 16.9. The van der Waals surface area contributed by atoms with Gasteiger partial charge in [-0.05, 0) is 50.1 Å². The quantitative estimate of drug-likeness (QED) is 0.731. The summed E-state index contributed by atoms with van der Waals surface area (Å²) in [6.45, 7) is 5.65. The molecule has 0 bridgehead atoms. The molecule has 1 aliphatic rings. The first kappa shape index (κ1) is 21.0. The highest BCUT2D eigenvalue weighted by molar-refractivity contribution is 7.89. The van der Waals surface area contributed by atoms with Crippen LogP contribution in [0.1, 0.15) is 42.5 Å². The standard InChI is InChI=1S/C21H24N2O5S/c1-13-5-6-14(2)17(11-13)15(3)22-29(26,27)16-7-8-19(28-4)18(12-16)23-20(24)9-10-21(23)25/h5-8,11-12,15,22H,9-10H2,1-4H3. The Morgan fingerprint density at radius 3 is 2.31 bits per heavy atom. The predicted octanol–water partition coefficient (Wildman–Crippen LogP) is 3.00. The van der Waals surface area contributed by atoms with E-state index in [-0.39, 0.29) is 41.0 Å². The van der Waals surface area contributed by atoms with Gasteiger partial charge in [-0.15, -0.1) is 0 Å². The van der Waals surface area contributed by atoms with Crippen LogP contribution >= 0.6 is 0 Å². The number of methoxy groups -OCH3 is 1. The van der Waals surface area contributed by atoms with Crippen LogP contribution in [0.15, 0.2) is 41.3 Å². The first-order valence-corrected chi connectivity index (χ1v) is 10.8. The summed E-state index contributed by atoms with van der Waals surface area (Å²) in [6.07, 6.45) is 0.196. The number of nitrogens with one attached hydrogen (secondary N) is 1. The third-order valence-electron chi connectivity index (χ3n) is 4.99. The van der Waals surface area contributed by atoms with Crippen molar-refractivity contribution in [2.24, 2.45) is 0 Å². The van der Waals surface area contributed by atoms with Gasteiger partial charge in [0.25, 0.3) is 0 Å². The van der Waals surface area contributed by atoms with Crippen molar-refractivity contribution in [2.45, 2.75) is 44.6 Å². The van der Waals surface area contributed by atoms with Crippen LogP contribution in [0, 0.1) is 13.8 Å². The zero-order chi connectivity index (χ0) is 21.3. The monoisotopic (exact) mass is 416 g/mol. The van der Waals surface area contributed by atoms with E-state index in [0.717, 1.165) is 21.6 Å². The van der Waals surface area contributed by atoms with Gasteiger partial charge >= 0.3 is 0 Å². The van der Waals surface area contributed by atoms with E-state index in [9.17, 15) is 18.0 Å². The molecule has 0 aliphatic carbocycles. The Hall–Kier alpha value is -2.71. The fraction of sp³-hybridized carbons (Fsp3) is 0.333. The molecule has 1 aliphatic heterocycles. The topological polar surface area (TPSA) is 92.8 Å². The maximum Gasteiger partial charge on any atom is 0.241 e. The summed E-state index contributed by atoms with van der Waals surface area (Å²) in [7, 11) is -2.50. The van der Waals surface area contributed by atoms with Crippen molar-refractivity contribution in [3.05, 3.63) is 53.1 Å². The molecule has 29 heavy (non-hydrogen) atoms. The number of sulfonamides is 1. The number of nitrogens with zero attached hydrogens (tertiary/aromatic N) is 1. The van der Waals surface area contributed by atoms with Crippen LogP contribution in [-0.4, -0.2) is 27.3 Å². The molecule has 2 aromatic carbocycles. The molecule has 1 fully saturated rings. The third kappa shape index (κ3) is 4.18. The first-order chi connectivity index (χ1) is 13.6. The maximum absolute atomic E-state index is 13.0. The van der Waals surface area contributed by atoms with Gasteiger partial charge in [0.2, 0.25) is 21.8 Å². The molecular formula is C21H24N2O5S. The number of anilines is 1. The predicted molar refractivity (Wildman–Crippen MR) is 109 cm³/mol. The van der Waals surface area contributed by atoms with Gasteiger partial charge in [-0.2, -0.15) is 0 Å². The highest BCUT2D eigenvalue weighted by atomic mass is 32.2. The second-order valence-corrected chi connectivity index (χ2v) is 8.87. The molecule has 8 heteroatoms. The van der Waals surface area contributed by atoms with Gasteiger partial charge in [-0.3, -0.25) is 9.59 Å². The minimum Gasteiger partial charge on any atom is -0.495 e. The van der Waals surface area contributed by atoms with E-state index in [0.29, 0.717) is 0 Å². The summed E-state index contributed by atoms with van der Waals surface area (Å²) in [5, 5.41) is 0. The summed E-state index contributed by atoms with van der Waals surface area (Å²) in [5.74, 6) is -0.491. The van der Waals surface area contributed by atoms with Crippen LogP contribution in [0.4, 0.5) is 5.69 Å². The van der Waals surface area contributed by atoms with Crippen LogP contribution in [0.3, 0.4) is 0 Å². The number of carbonyl (C=O) groups excluding carboxylic acids is 2. The van der Waals surface area contributed by atoms with Gasteiger partial charge in [0, 0.05) is 18.9 Å². The molecule has 7 nitrogen and oxygen atoms in total. The first-order valence-electron chi connectivity index (χ1n) is 9.27. The van der Waals surface area contributed by atoms with E-state index < -0.39 is 16.1 Å². The molecule has 154 valence electrons. The summed E-state index contributed by atoms with van der Waals surface area (Å²) in [4.78, 5) is 25.2. The third-order valence-corrected chi connectivity index (χ3v) is 6.52. The van der Waals surface area contributed by atoms with Gasteiger partial charge in [-0.25, -0.2) is 18.0 Å². The number of ether oxygens (including phenoxy) is 1. The molecule has 2 aromatic rings. The molecule has 1 unspecified atom stereocenters. The smallest absolute Gasteiger partial charge is 0.241 e. The lowest BCUT2D eigenvalue weighted by Crippen LogP contribution is -2.30. The van der Waals surface area contributed by atoms with E-state index >= 15 is 0 Å². The number of benzene rings is 2. The minimum absolute atomic E-state index is 0.0436. The number of imide groups is 1. The fourth-order valence-corrected chi connectivity index (χ4v) is 4.69. The van der Waals surface area contributed by atoms with Crippen molar-refractivity contribution < 1.29 is 22.7 Å². The average Bonchev–Trinajstić information content (AvgIpc) is 3.00. The number of amides is 2. The number of hydrogen-bond acceptors (Lipinski definition) is 5. The lowest BCUT2D eigenvalue weighted by Gasteiger charge is -2.20. The lowest BCUT2D eigenvalue weighted by atomic mass is 10.0. The molecule has 1 heterocycles. The van der Waals surface area contributed by atoms with E-state index in [1.54, 1.807) is 6.92 Å². The number of aryl methyl sites for hydroxylation is 2. The Labute approximate surface area is 170 Å². The Balaban J connectivity index is 1.97. The summed E-state index contributed by atoms with van der Waals surface area (Å²) >= 11 is 0. The molecule has 1 saturated heterocycles. The number of carbonyl (C=O) groups is 2. The van der Waals surface area contributed by atoms with Gasteiger partial charge in [-0.1, -0.05) is 23.8 Å². The highest BCUT2D eigenvalue weighted by Gasteiger charge is 2.33. The molecule has 0 saturated carbocycles. The Bertz CT molecular complexity index is 1060. The summed E-state index contributed by atoms with van der Waals surface area (Å²) in [5.41, 5.74) is 3.04. The van der Waals surface area contributed by atoms with Gasteiger partial charge in [0.1, 0.15) is 5.75 Å². The van der Waals surface area contributed by atoms with Crippen molar-refractivity contribution in [3.8, 4) is 5.75 Å². The van der Waals surface area contributed by atoms with Crippen LogP contribution < -0.4 is 14.4 Å². The molecule has 0 aromatic heterocycles. The van der Waals surface area contributed by atoms with Crippen molar-refractivity contribution in [1.82, 2.24) is 4.72 Å². The van der Waals surface area contributed by atoms with Gasteiger partial charge in [0.15, 0.2) is 0 Å². The molecule has 1 atom stereocenters. The Kier molecular flexibility index (Phi) is 5.77. The number of rotatable bonds is 6.